The Morgan fingerprint density at radius 1 is 1.33 bits per heavy atom. The Bertz CT molecular complexity index is 882. The van der Waals surface area contributed by atoms with E-state index in [0.717, 1.165) is 6.42 Å². The van der Waals surface area contributed by atoms with Crippen LogP contribution < -0.4 is 10.2 Å². The van der Waals surface area contributed by atoms with Crippen molar-refractivity contribution in [3.8, 4) is 0 Å². The van der Waals surface area contributed by atoms with E-state index in [2.05, 4.69) is 5.32 Å². The van der Waals surface area contributed by atoms with Crippen molar-refractivity contribution in [2.45, 2.75) is 31.7 Å². The lowest BCUT2D eigenvalue weighted by molar-refractivity contribution is -0.125. The molecule has 146 valence electrons. The van der Waals surface area contributed by atoms with Crippen molar-refractivity contribution in [2.24, 2.45) is 0 Å². The number of nitrogens with zero attached hydrogens (tertiary/aromatic N) is 1. The molecular weight excluding hydrogens is 372 g/mol. The number of hydrogen-bond acceptors (Lipinski definition) is 6. The summed E-state index contributed by atoms with van der Waals surface area (Å²) in [6.45, 7) is 1.77. The summed E-state index contributed by atoms with van der Waals surface area (Å²) in [5, 5.41) is 2.63. The first kappa shape index (κ1) is 19.3. The molecule has 3 rings (SSSR count). The van der Waals surface area contributed by atoms with E-state index in [-0.39, 0.29) is 23.0 Å². The van der Waals surface area contributed by atoms with E-state index in [1.165, 1.54) is 0 Å². The molecule has 1 aromatic carbocycles. The number of rotatable bonds is 5. The lowest BCUT2D eigenvalue weighted by Crippen LogP contribution is -2.48. The number of anilines is 1. The number of amides is 2. The van der Waals surface area contributed by atoms with Gasteiger partial charge in [0, 0.05) is 18.7 Å². The van der Waals surface area contributed by atoms with E-state index in [4.69, 9.17) is 4.74 Å². The Morgan fingerprint density at radius 3 is 2.74 bits per heavy atom. The van der Waals surface area contributed by atoms with E-state index >= 15 is 0 Å². The smallest absolute Gasteiger partial charge is 0.338 e. The largest absolute Gasteiger partial charge is 0.452 e. The molecule has 0 unspecified atom stereocenters. The van der Waals surface area contributed by atoms with Crippen LogP contribution in [0.1, 0.15) is 36.5 Å². The van der Waals surface area contributed by atoms with Gasteiger partial charge in [0.25, 0.3) is 5.91 Å². The SMILES string of the molecule is C[C@]1(NC(=O)COC(=O)c2cccc(N3CCCC3=O)c2)CCS(=O)(=O)C1. The highest BCUT2D eigenvalue weighted by Crippen LogP contribution is 2.23. The molecule has 2 heterocycles. The highest BCUT2D eigenvalue weighted by atomic mass is 32.2. The summed E-state index contributed by atoms with van der Waals surface area (Å²) in [7, 11) is -3.15. The average Bonchev–Trinajstić information content (AvgIpc) is 3.15. The normalized spacial score (nSPS) is 24.0. The van der Waals surface area contributed by atoms with Crippen molar-refractivity contribution >= 4 is 33.3 Å². The van der Waals surface area contributed by atoms with Crippen LogP contribution in [0.2, 0.25) is 0 Å². The van der Waals surface area contributed by atoms with E-state index < -0.39 is 33.9 Å². The quantitative estimate of drug-likeness (QED) is 0.735. The van der Waals surface area contributed by atoms with E-state index in [1.54, 1.807) is 36.1 Å². The molecule has 2 fully saturated rings. The van der Waals surface area contributed by atoms with Crippen molar-refractivity contribution in [1.29, 1.82) is 0 Å². The highest BCUT2D eigenvalue weighted by molar-refractivity contribution is 7.91. The maximum atomic E-state index is 12.2. The van der Waals surface area contributed by atoms with Crippen LogP contribution in [0.25, 0.3) is 0 Å². The summed E-state index contributed by atoms with van der Waals surface area (Å²) < 4.78 is 28.2. The van der Waals surface area contributed by atoms with Gasteiger partial charge >= 0.3 is 5.97 Å². The van der Waals surface area contributed by atoms with Crippen LogP contribution in [0, 0.1) is 0 Å². The minimum atomic E-state index is -3.15. The van der Waals surface area contributed by atoms with Gasteiger partial charge in [0.15, 0.2) is 16.4 Å². The third kappa shape index (κ3) is 4.65. The molecule has 0 aromatic heterocycles. The Labute approximate surface area is 157 Å². The molecule has 0 radical (unpaired) electrons. The van der Waals surface area contributed by atoms with Crippen molar-refractivity contribution in [3.05, 3.63) is 29.8 Å². The number of carbonyl (C=O) groups excluding carboxylic acids is 3. The van der Waals surface area contributed by atoms with Crippen LogP contribution >= 0.6 is 0 Å². The zero-order valence-corrected chi connectivity index (χ0v) is 15.9. The Hall–Kier alpha value is -2.42. The molecule has 2 aliphatic heterocycles. The van der Waals surface area contributed by atoms with Gasteiger partial charge in [-0.1, -0.05) is 6.07 Å². The van der Waals surface area contributed by atoms with Crippen LogP contribution in [0.5, 0.6) is 0 Å². The molecule has 2 amide bonds. The molecule has 2 aliphatic rings. The van der Waals surface area contributed by atoms with Crippen LogP contribution in [0.3, 0.4) is 0 Å². The van der Waals surface area contributed by atoms with Crippen LogP contribution in [0.15, 0.2) is 24.3 Å². The number of carbonyl (C=O) groups is 3. The monoisotopic (exact) mass is 394 g/mol. The number of benzene rings is 1. The number of hydrogen-bond donors (Lipinski definition) is 1. The minimum Gasteiger partial charge on any atom is -0.452 e. The van der Waals surface area contributed by atoms with E-state index in [1.807, 2.05) is 0 Å². The molecule has 2 saturated heterocycles. The standard InChI is InChI=1S/C18H22N2O6S/c1-18(7-9-27(24,25)12-18)19-15(21)11-26-17(23)13-4-2-5-14(10-13)20-8-3-6-16(20)22/h2,4-5,10H,3,6-9,11-12H2,1H3,(H,19,21)/t18-/m0/s1. The summed E-state index contributed by atoms with van der Waals surface area (Å²) in [5.74, 6) is -1.30. The number of ether oxygens (including phenoxy) is 1. The fraction of sp³-hybridized carbons (Fsp3) is 0.500. The Morgan fingerprint density at radius 2 is 2.11 bits per heavy atom. The first-order chi connectivity index (χ1) is 12.7. The number of nitrogens with one attached hydrogen (secondary N) is 1. The van der Waals surface area contributed by atoms with Crippen molar-refractivity contribution in [3.63, 3.8) is 0 Å². The lowest BCUT2D eigenvalue weighted by Gasteiger charge is -2.23. The Balaban J connectivity index is 1.56. The van der Waals surface area contributed by atoms with Gasteiger partial charge in [-0.25, -0.2) is 13.2 Å². The van der Waals surface area contributed by atoms with Gasteiger partial charge in [0.2, 0.25) is 5.91 Å². The zero-order chi connectivity index (χ0) is 19.7. The van der Waals surface area contributed by atoms with Crippen LogP contribution in [0.4, 0.5) is 5.69 Å². The molecule has 27 heavy (non-hydrogen) atoms. The third-order valence-corrected chi connectivity index (χ3v) is 6.65. The fourth-order valence-electron chi connectivity index (χ4n) is 3.42. The summed E-state index contributed by atoms with van der Waals surface area (Å²) in [6.07, 6.45) is 1.60. The summed E-state index contributed by atoms with van der Waals surface area (Å²) in [6, 6.07) is 6.51. The molecule has 0 bridgehead atoms. The molecule has 8 nitrogen and oxygen atoms in total. The zero-order valence-electron chi connectivity index (χ0n) is 15.1. The van der Waals surface area contributed by atoms with Crippen molar-refractivity contribution < 1.29 is 27.5 Å². The van der Waals surface area contributed by atoms with Gasteiger partial charge in [-0.3, -0.25) is 9.59 Å². The van der Waals surface area contributed by atoms with Crippen LogP contribution in [-0.4, -0.2) is 56.4 Å². The number of esters is 1. The van der Waals surface area contributed by atoms with Crippen LogP contribution in [-0.2, 0) is 24.2 Å². The predicted molar refractivity (Wildman–Crippen MR) is 98.1 cm³/mol. The molecule has 1 N–H and O–H groups in total. The highest BCUT2D eigenvalue weighted by Gasteiger charge is 2.39. The predicted octanol–water partition coefficient (Wildman–Crippen LogP) is 0.664. The van der Waals surface area contributed by atoms with Crippen molar-refractivity contribution in [2.75, 3.05) is 29.6 Å². The van der Waals surface area contributed by atoms with Gasteiger partial charge in [0.1, 0.15) is 0 Å². The molecule has 9 heteroatoms. The molecule has 1 atom stereocenters. The van der Waals surface area contributed by atoms with Gasteiger partial charge in [-0.2, -0.15) is 0 Å². The first-order valence-corrected chi connectivity index (χ1v) is 10.6. The van der Waals surface area contributed by atoms with Crippen molar-refractivity contribution in [1.82, 2.24) is 5.32 Å². The van der Waals surface area contributed by atoms with E-state index in [0.29, 0.717) is 25.1 Å². The summed E-state index contributed by atoms with van der Waals surface area (Å²) >= 11 is 0. The molecule has 0 spiro atoms. The third-order valence-electron chi connectivity index (χ3n) is 4.75. The first-order valence-electron chi connectivity index (χ1n) is 8.76. The molecule has 0 saturated carbocycles. The van der Waals surface area contributed by atoms with Gasteiger partial charge in [-0.05, 0) is 38.0 Å². The molecule has 0 aliphatic carbocycles. The van der Waals surface area contributed by atoms with Gasteiger partial charge < -0.3 is 15.0 Å². The maximum Gasteiger partial charge on any atom is 0.338 e. The fourth-order valence-corrected chi connectivity index (χ4v) is 5.51. The Kier molecular flexibility index (Phi) is 5.23. The van der Waals surface area contributed by atoms with E-state index in [9.17, 15) is 22.8 Å². The molecular formula is C18H22N2O6S. The summed E-state index contributed by atoms with van der Waals surface area (Å²) in [4.78, 5) is 37.7. The lowest BCUT2D eigenvalue weighted by atomic mass is 10.0. The summed E-state index contributed by atoms with van der Waals surface area (Å²) in [5.41, 5.74) is 0.0352. The van der Waals surface area contributed by atoms with Gasteiger partial charge in [-0.15, -0.1) is 0 Å². The second-order valence-electron chi connectivity index (χ2n) is 7.23. The maximum absolute atomic E-state index is 12.2. The number of sulfone groups is 1. The molecule has 1 aromatic rings. The average molecular weight is 394 g/mol. The van der Waals surface area contributed by atoms with Gasteiger partial charge in [0.05, 0.1) is 22.6 Å². The minimum absolute atomic E-state index is 0.0136. The second-order valence-corrected chi connectivity index (χ2v) is 9.41. The topological polar surface area (TPSA) is 110 Å². The second kappa shape index (κ2) is 7.30.